The summed E-state index contributed by atoms with van der Waals surface area (Å²) in [5, 5.41) is 5.86. The minimum Gasteiger partial charge on any atom is -0.444 e. The molecule has 36 heavy (non-hydrogen) atoms. The highest BCUT2D eigenvalue weighted by atomic mass is 16.6. The Morgan fingerprint density at radius 2 is 1.67 bits per heavy atom. The Morgan fingerprint density at radius 1 is 1.03 bits per heavy atom. The number of ether oxygens (including phenoxy) is 1. The van der Waals surface area contributed by atoms with Crippen molar-refractivity contribution in [1.82, 2.24) is 15.5 Å². The summed E-state index contributed by atoms with van der Waals surface area (Å²) in [5.74, 6) is -0.655. The first-order valence-corrected chi connectivity index (χ1v) is 13.4. The number of nitrogens with one attached hydrogen (secondary N) is 2. The van der Waals surface area contributed by atoms with Crippen LogP contribution in [0.5, 0.6) is 0 Å². The third-order valence-electron chi connectivity index (χ3n) is 6.29. The van der Waals surface area contributed by atoms with Crippen LogP contribution in [-0.2, 0) is 14.3 Å². The topological polar surface area (TPSA) is 87.7 Å². The van der Waals surface area contributed by atoms with Gasteiger partial charge in [0, 0.05) is 12.6 Å². The van der Waals surface area contributed by atoms with E-state index in [9.17, 15) is 14.4 Å². The quantitative estimate of drug-likeness (QED) is 0.352. The van der Waals surface area contributed by atoms with Gasteiger partial charge in [-0.1, -0.05) is 63.8 Å². The second-order valence-corrected chi connectivity index (χ2v) is 11.1. The van der Waals surface area contributed by atoms with Crippen LogP contribution in [-0.4, -0.2) is 47.0 Å². The maximum atomic E-state index is 14.1. The van der Waals surface area contributed by atoms with Gasteiger partial charge in [-0.25, -0.2) is 4.79 Å². The van der Waals surface area contributed by atoms with Gasteiger partial charge >= 0.3 is 6.09 Å². The summed E-state index contributed by atoms with van der Waals surface area (Å²) in [6, 6.07) is 4.01. The second kappa shape index (κ2) is 14.2. The summed E-state index contributed by atoms with van der Waals surface area (Å²) in [6.45, 7) is 19.7. The number of nitrogens with zero attached hydrogens (tertiary/aromatic N) is 1. The molecule has 0 fully saturated rings. The molecule has 204 valence electrons. The standard InChI is InChI=1S/C29H49N3O4/c1-11-13-14-17-30-26(33)25(23-16-15-20(5)18-22(23)7)32(19(3)4)27(34)24(21(6)12-2)31-28(35)36-29(8,9)10/h15-16,18-19,21,24-25H,11-14,17H2,1-10H3,(H,30,33)(H,31,35). The zero-order chi connectivity index (χ0) is 27.6. The van der Waals surface area contributed by atoms with Crippen LogP contribution < -0.4 is 10.6 Å². The van der Waals surface area contributed by atoms with Crippen molar-refractivity contribution >= 4 is 17.9 Å². The number of unbranched alkanes of at least 4 members (excludes halogenated alkanes) is 2. The van der Waals surface area contributed by atoms with Crippen molar-refractivity contribution in [1.29, 1.82) is 0 Å². The van der Waals surface area contributed by atoms with Crippen LogP contribution in [0.1, 0.15) is 104 Å². The Morgan fingerprint density at radius 3 is 2.17 bits per heavy atom. The normalized spacial score (nSPS) is 14.1. The molecule has 1 aromatic rings. The Bertz CT molecular complexity index is 876. The molecule has 1 aromatic carbocycles. The predicted molar refractivity (Wildman–Crippen MR) is 146 cm³/mol. The van der Waals surface area contributed by atoms with Gasteiger partial charge in [-0.2, -0.15) is 0 Å². The number of benzene rings is 1. The van der Waals surface area contributed by atoms with Gasteiger partial charge in [0.2, 0.25) is 11.8 Å². The molecule has 0 radical (unpaired) electrons. The van der Waals surface area contributed by atoms with E-state index in [-0.39, 0.29) is 23.8 Å². The average molecular weight is 504 g/mol. The van der Waals surface area contributed by atoms with Crippen LogP contribution in [0.3, 0.4) is 0 Å². The zero-order valence-corrected chi connectivity index (χ0v) is 24.2. The van der Waals surface area contributed by atoms with Crippen molar-refractivity contribution < 1.29 is 19.1 Å². The number of alkyl carbamates (subject to hydrolysis) is 1. The number of amides is 3. The lowest BCUT2D eigenvalue weighted by atomic mass is 9.93. The fourth-order valence-corrected chi connectivity index (χ4v) is 4.19. The molecular weight excluding hydrogens is 454 g/mol. The lowest BCUT2D eigenvalue weighted by molar-refractivity contribution is -0.145. The zero-order valence-electron chi connectivity index (χ0n) is 24.2. The van der Waals surface area contributed by atoms with Crippen molar-refractivity contribution in [3.63, 3.8) is 0 Å². The van der Waals surface area contributed by atoms with E-state index in [1.54, 1.807) is 25.7 Å². The highest BCUT2D eigenvalue weighted by Gasteiger charge is 2.39. The van der Waals surface area contributed by atoms with Crippen LogP contribution >= 0.6 is 0 Å². The fraction of sp³-hybridized carbons (Fsp3) is 0.690. The molecule has 0 aliphatic carbocycles. The van der Waals surface area contributed by atoms with E-state index in [0.29, 0.717) is 13.0 Å². The Hall–Kier alpha value is -2.57. The summed E-state index contributed by atoms with van der Waals surface area (Å²) in [5.41, 5.74) is 2.13. The molecule has 0 bridgehead atoms. The first-order chi connectivity index (χ1) is 16.7. The van der Waals surface area contributed by atoms with Crippen molar-refractivity contribution in [3.8, 4) is 0 Å². The molecule has 0 aromatic heterocycles. The molecule has 1 rings (SSSR count). The van der Waals surface area contributed by atoms with Crippen molar-refractivity contribution in [3.05, 3.63) is 34.9 Å². The van der Waals surface area contributed by atoms with E-state index in [1.807, 2.05) is 59.7 Å². The Kier molecular flexibility index (Phi) is 12.4. The molecule has 3 atom stereocenters. The van der Waals surface area contributed by atoms with E-state index in [4.69, 9.17) is 4.74 Å². The molecule has 3 unspecified atom stereocenters. The maximum absolute atomic E-state index is 14.1. The van der Waals surface area contributed by atoms with Gasteiger partial charge in [0.15, 0.2) is 0 Å². The lowest BCUT2D eigenvalue weighted by Gasteiger charge is -2.39. The molecular formula is C29H49N3O4. The highest BCUT2D eigenvalue weighted by molar-refractivity contribution is 5.92. The molecule has 0 aliphatic heterocycles. The highest BCUT2D eigenvalue weighted by Crippen LogP contribution is 2.29. The fourth-order valence-electron chi connectivity index (χ4n) is 4.19. The number of aryl methyl sites for hydroxylation is 2. The summed E-state index contributed by atoms with van der Waals surface area (Å²) >= 11 is 0. The van der Waals surface area contributed by atoms with Crippen LogP contribution in [0.2, 0.25) is 0 Å². The van der Waals surface area contributed by atoms with Crippen LogP contribution in [0.15, 0.2) is 18.2 Å². The second-order valence-electron chi connectivity index (χ2n) is 11.1. The van der Waals surface area contributed by atoms with Crippen molar-refractivity contribution in [2.45, 2.75) is 119 Å². The minimum absolute atomic E-state index is 0.154. The molecule has 0 spiro atoms. The molecule has 0 aliphatic rings. The van der Waals surface area contributed by atoms with Gasteiger partial charge in [0.1, 0.15) is 17.7 Å². The molecule has 2 N–H and O–H groups in total. The van der Waals surface area contributed by atoms with Gasteiger partial charge in [-0.15, -0.1) is 0 Å². The summed E-state index contributed by atoms with van der Waals surface area (Å²) in [7, 11) is 0. The molecule has 7 heteroatoms. The van der Waals surface area contributed by atoms with E-state index < -0.39 is 23.8 Å². The number of rotatable bonds is 12. The summed E-state index contributed by atoms with van der Waals surface area (Å²) < 4.78 is 5.45. The summed E-state index contributed by atoms with van der Waals surface area (Å²) in [6.07, 6.45) is 3.00. The monoisotopic (exact) mass is 503 g/mol. The van der Waals surface area contributed by atoms with E-state index in [0.717, 1.165) is 36.0 Å². The first-order valence-electron chi connectivity index (χ1n) is 13.4. The number of hydrogen-bond donors (Lipinski definition) is 2. The largest absolute Gasteiger partial charge is 0.444 e. The molecule has 0 saturated carbocycles. The third kappa shape index (κ3) is 9.47. The number of carbonyl (C=O) groups is 3. The Labute approximate surface area is 218 Å². The molecule has 7 nitrogen and oxygen atoms in total. The van der Waals surface area contributed by atoms with Crippen molar-refractivity contribution in [2.75, 3.05) is 6.54 Å². The average Bonchev–Trinajstić information content (AvgIpc) is 2.76. The van der Waals surface area contributed by atoms with Gasteiger partial charge in [0.25, 0.3) is 0 Å². The number of carbonyl (C=O) groups excluding carboxylic acids is 3. The van der Waals surface area contributed by atoms with Gasteiger partial charge in [-0.3, -0.25) is 9.59 Å². The molecule has 0 saturated heterocycles. The van der Waals surface area contributed by atoms with Crippen LogP contribution in [0.25, 0.3) is 0 Å². The summed E-state index contributed by atoms with van der Waals surface area (Å²) in [4.78, 5) is 42.1. The van der Waals surface area contributed by atoms with Crippen molar-refractivity contribution in [2.24, 2.45) is 5.92 Å². The lowest BCUT2D eigenvalue weighted by Crippen LogP contribution is -2.57. The maximum Gasteiger partial charge on any atom is 0.408 e. The van der Waals surface area contributed by atoms with E-state index in [1.165, 1.54) is 0 Å². The van der Waals surface area contributed by atoms with Gasteiger partial charge < -0.3 is 20.3 Å². The number of hydrogen-bond acceptors (Lipinski definition) is 4. The first kappa shape index (κ1) is 31.5. The molecule has 3 amide bonds. The van der Waals surface area contributed by atoms with Gasteiger partial charge in [-0.05, 0) is 71.9 Å². The third-order valence-corrected chi connectivity index (χ3v) is 6.29. The SMILES string of the molecule is CCCCCNC(=O)C(c1ccc(C)cc1C)N(C(=O)C(NC(=O)OC(C)(C)C)C(C)CC)C(C)C. The van der Waals surface area contributed by atoms with Crippen LogP contribution in [0, 0.1) is 19.8 Å². The minimum atomic E-state index is -0.826. The smallest absolute Gasteiger partial charge is 0.408 e. The van der Waals surface area contributed by atoms with Gasteiger partial charge in [0.05, 0.1) is 0 Å². The van der Waals surface area contributed by atoms with Crippen LogP contribution in [0.4, 0.5) is 4.79 Å². The van der Waals surface area contributed by atoms with E-state index in [2.05, 4.69) is 17.6 Å². The Balaban J connectivity index is 3.48. The van der Waals surface area contributed by atoms with E-state index >= 15 is 0 Å². The predicted octanol–water partition coefficient (Wildman–Crippen LogP) is 5.83. The molecule has 0 heterocycles.